The van der Waals surface area contributed by atoms with E-state index in [2.05, 4.69) is 22.0 Å². The molecule has 2 heterocycles. The van der Waals surface area contributed by atoms with E-state index >= 15 is 0 Å². The van der Waals surface area contributed by atoms with E-state index in [4.69, 9.17) is 19.6 Å². The predicted molar refractivity (Wildman–Crippen MR) is 97.2 cm³/mol. The highest BCUT2D eigenvalue weighted by molar-refractivity contribution is 9.10. The molecule has 2 bridgehead atoms. The summed E-state index contributed by atoms with van der Waals surface area (Å²) in [5, 5.41) is 38.6. The molecule has 4 unspecified atom stereocenters. The summed E-state index contributed by atoms with van der Waals surface area (Å²) in [5.74, 6) is -1.72. The molecule has 0 aromatic heterocycles. The molecule has 2 aliphatic heterocycles. The van der Waals surface area contributed by atoms with Crippen molar-refractivity contribution in [2.24, 2.45) is 16.7 Å². The Morgan fingerprint density at radius 3 is 2.41 bits per heavy atom. The number of rotatable bonds is 3. The molecule has 8 heteroatoms. The van der Waals surface area contributed by atoms with Gasteiger partial charge in [-0.05, 0) is 40.0 Å². The average molecular weight is 429 g/mol. The van der Waals surface area contributed by atoms with Crippen LogP contribution < -0.4 is 4.74 Å². The zero-order valence-corrected chi connectivity index (χ0v) is 16.6. The van der Waals surface area contributed by atoms with Crippen LogP contribution in [-0.4, -0.2) is 18.8 Å². The number of halogens is 1. The molecular weight excluding hydrogens is 412 g/mol. The molecule has 1 aromatic rings. The van der Waals surface area contributed by atoms with Crippen LogP contribution >= 0.6 is 15.9 Å². The average Bonchev–Trinajstić information content (AvgIpc) is 2.84. The number of benzene rings is 1. The van der Waals surface area contributed by atoms with Crippen molar-refractivity contribution in [2.75, 3.05) is 7.11 Å². The summed E-state index contributed by atoms with van der Waals surface area (Å²) in [5.41, 5.74) is -3.15. The van der Waals surface area contributed by atoms with Gasteiger partial charge in [0.05, 0.1) is 35.7 Å². The van der Waals surface area contributed by atoms with Crippen LogP contribution in [0.3, 0.4) is 0 Å². The van der Waals surface area contributed by atoms with Crippen LogP contribution in [0.25, 0.3) is 0 Å². The van der Waals surface area contributed by atoms with Crippen LogP contribution in [0.4, 0.5) is 0 Å². The third-order valence-corrected chi connectivity index (χ3v) is 6.22. The maximum absolute atomic E-state index is 10.1. The van der Waals surface area contributed by atoms with Crippen molar-refractivity contribution in [3.63, 3.8) is 0 Å². The van der Waals surface area contributed by atoms with E-state index in [0.29, 0.717) is 22.2 Å². The highest BCUT2D eigenvalue weighted by Gasteiger charge is 2.78. The second-order valence-electron chi connectivity index (χ2n) is 6.75. The molecule has 0 spiro atoms. The lowest BCUT2D eigenvalue weighted by Crippen LogP contribution is -2.58. The molecule has 0 aliphatic carbocycles. The van der Waals surface area contributed by atoms with Gasteiger partial charge in [-0.3, -0.25) is 5.41 Å². The summed E-state index contributed by atoms with van der Waals surface area (Å²) in [6, 6.07) is 11.2. The lowest BCUT2D eigenvalue weighted by atomic mass is 9.53. The van der Waals surface area contributed by atoms with E-state index in [1.165, 1.54) is 7.11 Å². The molecule has 0 radical (unpaired) electrons. The summed E-state index contributed by atoms with van der Waals surface area (Å²) < 4.78 is 17.7. The predicted octanol–water partition coefficient (Wildman–Crippen LogP) is 3.82. The number of fused-ring (bicyclic) bond motifs is 2. The number of methoxy groups -OCH3 is 1. The lowest BCUT2D eigenvalue weighted by Gasteiger charge is -2.48. The molecule has 27 heavy (non-hydrogen) atoms. The van der Waals surface area contributed by atoms with Crippen molar-refractivity contribution in [3.8, 4) is 24.0 Å². The fraction of sp³-hybridized carbons (Fsp3) is 0.474. The van der Waals surface area contributed by atoms with E-state index in [1.54, 1.807) is 25.1 Å². The Morgan fingerprint density at radius 2 is 1.93 bits per heavy atom. The first-order valence-electron chi connectivity index (χ1n) is 8.33. The number of hydrogen-bond acceptors (Lipinski definition) is 7. The Labute approximate surface area is 165 Å². The fourth-order valence-corrected chi connectivity index (χ4v) is 4.93. The van der Waals surface area contributed by atoms with Gasteiger partial charge in [-0.1, -0.05) is 13.0 Å². The molecule has 1 N–H and O–H groups in total. The molecule has 138 valence electrons. The minimum absolute atomic E-state index is 0.391. The van der Waals surface area contributed by atoms with Gasteiger partial charge in [0.25, 0.3) is 0 Å². The molecule has 1 aromatic carbocycles. The van der Waals surface area contributed by atoms with Gasteiger partial charge in [-0.15, -0.1) is 0 Å². The van der Waals surface area contributed by atoms with Gasteiger partial charge in [-0.2, -0.15) is 15.8 Å². The minimum Gasteiger partial charge on any atom is -0.496 e. The highest BCUT2D eigenvalue weighted by atomic mass is 79.9. The molecular formula is C19H17BrN4O3. The van der Waals surface area contributed by atoms with E-state index in [-0.39, 0.29) is 0 Å². The van der Waals surface area contributed by atoms with Crippen LogP contribution in [0, 0.1) is 56.2 Å². The Balaban J connectivity index is 2.30. The summed E-state index contributed by atoms with van der Waals surface area (Å²) in [7, 11) is 1.53. The first kappa shape index (κ1) is 19.2. The third kappa shape index (κ3) is 2.16. The Bertz CT molecular complexity index is 930. The highest BCUT2D eigenvalue weighted by Crippen LogP contribution is 2.67. The third-order valence-electron chi connectivity index (χ3n) is 5.60. The number of ether oxygens (including phenoxy) is 3. The molecule has 3 rings (SSSR count). The zero-order chi connectivity index (χ0) is 20.0. The topological polar surface area (TPSA) is 123 Å². The van der Waals surface area contributed by atoms with E-state index in [9.17, 15) is 15.8 Å². The SMILES string of the molecule is CCC1C2(C)OC(=N)C1(C#N)C(C#N)(C#N)C(c1ccc(OC)c(Br)c1)O2. The summed E-state index contributed by atoms with van der Waals surface area (Å²) >= 11 is 3.40. The van der Waals surface area contributed by atoms with E-state index in [0.717, 1.165) is 0 Å². The summed E-state index contributed by atoms with van der Waals surface area (Å²) in [6.07, 6.45) is -0.665. The van der Waals surface area contributed by atoms with Gasteiger partial charge in [0.15, 0.2) is 5.41 Å². The van der Waals surface area contributed by atoms with Crippen LogP contribution in [0.15, 0.2) is 22.7 Å². The second kappa shape index (κ2) is 6.23. The van der Waals surface area contributed by atoms with Gasteiger partial charge < -0.3 is 14.2 Å². The molecule has 7 nitrogen and oxygen atoms in total. The molecule has 2 aliphatic rings. The van der Waals surface area contributed by atoms with Gasteiger partial charge in [-0.25, -0.2) is 0 Å². The van der Waals surface area contributed by atoms with Crippen LogP contribution in [0.1, 0.15) is 31.9 Å². The van der Waals surface area contributed by atoms with Crippen molar-refractivity contribution in [2.45, 2.75) is 32.2 Å². The Kier molecular flexibility index (Phi) is 4.43. The quantitative estimate of drug-likeness (QED) is 0.779. The van der Waals surface area contributed by atoms with Gasteiger partial charge >= 0.3 is 0 Å². The van der Waals surface area contributed by atoms with Gasteiger partial charge in [0.2, 0.25) is 17.1 Å². The normalized spacial score (nSPS) is 33.3. The second-order valence-corrected chi connectivity index (χ2v) is 7.61. The van der Waals surface area contributed by atoms with Crippen LogP contribution in [0.2, 0.25) is 0 Å². The van der Waals surface area contributed by atoms with Crippen molar-refractivity contribution in [3.05, 3.63) is 28.2 Å². The van der Waals surface area contributed by atoms with Gasteiger partial charge in [0.1, 0.15) is 11.9 Å². The molecule has 2 fully saturated rings. The summed E-state index contributed by atoms with van der Waals surface area (Å²) in [6.45, 7) is 3.48. The zero-order valence-electron chi connectivity index (χ0n) is 15.0. The number of hydrogen-bond donors (Lipinski definition) is 1. The lowest BCUT2D eigenvalue weighted by molar-refractivity contribution is -0.273. The summed E-state index contributed by atoms with van der Waals surface area (Å²) in [4.78, 5) is 0. The standard InChI is InChI=1S/C19H17BrN4O3/c1-4-14-17(2)26-15(11-5-6-13(25-3)12(20)7-11)18(8-21,9-22)19(14,10-23)16(24)27-17/h5-7,14-15,24H,4H2,1-3H3. The van der Waals surface area contributed by atoms with Crippen molar-refractivity contribution in [1.29, 1.82) is 21.2 Å². The van der Waals surface area contributed by atoms with E-state index in [1.807, 2.05) is 19.1 Å². The first-order chi connectivity index (χ1) is 12.8. The maximum atomic E-state index is 10.1. The first-order valence-corrected chi connectivity index (χ1v) is 9.12. The van der Waals surface area contributed by atoms with Crippen molar-refractivity contribution < 1.29 is 14.2 Å². The smallest absolute Gasteiger partial charge is 0.214 e. The number of nitrogens with one attached hydrogen (secondary N) is 1. The maximum Gasteiger partial charge on any atom is 0.214 e. The Morgan fingerprint density at radius 1 is 1.26 bits per heavy atom. The molecule has 2 saturated heterocycles. The Hall–Kier alpha value is -2.60. The van der Waals surface area contributed by atoms with Crippen LogP contribution in [0.5, 0.6) is 5.75 Å². The molecule has 0 saturated carbocycles. The monoisotopic (exact) mass is 428 g/mol. The number of nitrogens with zero attached hydrogens (tertiary/aromatic N) is 3. The van der Waals surface area contributed by atoms with Crippen LogP contribution in [-0.2, 0) is 9.47 Å². The number of nitriles is 3. The van der Waals surface area contributed by atoms with E-state index < -0.39 is 34.5 Å². The van der Waals surface area contributed by atoms with Crippen molar-refractivity contribution >= 4 is 21.8 Å². The minimum atomic E-state index is -1.94. The molecule has 0 amide bonds. The molecule has 4 atom stereocenters. The van der Waals surface area contributed by atoms with Crippen molar-refractivity contribution in [1.82, 2.24) is 0 Å². The fourth-order valence-electron chi connectivity index (χ4n) is 4.37. The largest absolute Gasteiger partial charge is 0.496 e. The van der Waals surface area contributed by atoms with Gasteiger partial charge in [0, 0.05) is 6.92 Å².